The van der Waals surface area contributed by atoms with Gasteiger partial charge in [-0.05, 0) is 17.7 Å². The van der Waals surface area contributed by atoms with Crippen molar-refractivity contribution in [3.8, 4) is 17.0 Å². The van der Waals surface area contributed by atoms with Gasteiger partial charge in [-0.15, -0.1) is 11.3 Å². The maximum absolute atomic E-state index is 10.7. The molecule has 4 heteroatoms. The highest BCUT2D eigenvalue weighted by Crippen LogP contribution is 2.40. The minimum Gasteiger partial charge on any atom is -0.497 e. The van der Waals surface area contributed by atoms with E-state index in [1.165, 1.54) is 21.8 Å². The van der Waals surface area contributed by atoms with Crippen molar-refractivity contribution in [2.24, 2.45) is 0 Å². The third kappa shape index (κ3) is 1.27. The molecule has 0 aliphatic heterocycles. The number of benzene rings is 1. The molecular weight excluding hydrogens is 222 g/mol. The van der Waals surface area contributed by atoms with Crippen molar-refractivity contribution in [1.29, 1.82) is 0 Å². The van der Waals surface area contributed by atoms with E-state index in [0.717, 1.165) is 29.7 Å². The Balaban J connectivity index is 2.17. The Hall–Kier alpha value is -1.68. The highest BCUT2D eigenvalue weighted by molar-refractivity contribution is 7.13. The molecule has 80 valence electrons. The summed E-state index contributed by atoms with van der Waals surface area (Å²) >= 11 is 1.47. The van der Waals surface area contributed by atoms with E-state index < -0.39 is 0 Å². The largest absolute Gasteiger partial charge is 0.497 e. The van der Waals surface area contributed by atoms with Gasteiger partial charge >= 0.3 is 0 Å². The summed E-state index contributed by atoms with van der Waals surface area (Å²) in [5, 5.41) is 0.554. The Morgan fingerprint density at radius 1 is 1.50 bits per heavy atom. The molecule has 1 aromatic heterocycles. The van der Waals surface area contributed by atoms with Gasteiger partial charge in [0.05, 0.1) is 12.8 Å². The van der Waals surface area contributed by atoms with Crippen molar-refractivity contribution in [2.75, 3.05) is 7.11 Å². The van der Waals surface area contributed by atoms with Gasteiger partial charge in [0.2, 0.25) is 0 Å². The van der Waals surface area contributed by atoms with Gasteiger partial charge in [-0.2, -0.15) is 0 Å². The van der Waals surface area contributed by atoms with Gasteiger partial charge in [-0.1, -0.05) is 6.07 Å². The van der Waals surface area contributed by atoms with Crippen molar-refractivity contribution in [1.82, 2.24) is 4.98 Å². The average Bonchev–Trinajstić information content (AvgIpc) is 2.85. The molecule has 1 heterocycles. The van der Waals surface area contributed by atoms with Crippen LogP contribution in [0.3, 0.4) is 0 Å². The Labute approximate surface area is 96.7 Å². The van der Waals surface area contributed by atoms with Crippen molar-refractivity contribution < 1.29 is 9.53 Å². The SMILES string of the molecule is COc1ccc2c(c1)-c1nc(C=O)sc1C2. The molecule has 3 rings (SSSR count). The summed E-state index contributed by atoms with van der Waals surface area (Å²) in [4.78, 5) is 16.2. The van der Waals surface area contributed by atoms with E-state index in [0.29, 0.717) is 5.01 Å². The first-order chi connectivity index (χ1) is 7.81. The van der Waals surface area contributed by atoms with E-state index in [4.69, 9.17) is 4.74 Å². The average molecular weight is 231 g/mol. The zero-order chi connectivity index (χ0) is 11.1. The zero-order valence-electron chi connectivity index (χ0n) is 8.69. The van der Waals surface area contributed by atoms with Crippen LogP contribution in [0.25, 0.3) is 11.3 Å². The van der Waals surface area contributed by atoms with Crippen molar-refractivity contribution >= 4 is 17.6 Å². The standard InChI is InChI=1S/C12H9NO2S/c1-15-8-3-2-7-4-10-12(9(7)5-8)13-11(6-14)16-10/h2-3,5-6H,4H2,1H3. The zero-order valence-corrected chi connectivity index (χ0v) is 9.50. The van der Waals surface area contributed by atoms with Crippen LogP contribution in [0.2, 0.25) is 0 Å². The van der Waals surface area contributed by atoms with E-state index in [2.05, 4.69) is 11.1 Å². The molecule has 0 bridgehead atoms. The van der Waals surface area contributed by atoms with E-state index >= 15 is 0 Å². The van der Waals surface area contributed by atoms with Gasteiger partial charge in [0.15, 0.2) is 11.3 Å². The lowest BCUT2D eigenvalue weighted by atomic mass is 10.1. The number of nitrogens with zero attached hydrogens (tertiary/aromatic N) is 1. The monoisotopic (exact) mass is 231 g/mol. The van der Waals surface area contributed by atoms with Gasteiger partial charge in [0.25, 0.3) is 0 Å². The number of aromatic nitrogens is 1. The Kier molecular flexibility index (Phi) is 2.04. The minimum absolute atomic E-state index is 0.554. The Bertz CT molecular complexity index is 574. The fourth-order valence-electron chi connectivity index (χ4n) is 1.98. The van der Waals surface area contributed by atoms with E-state index in [9.17, 15) is 4.79 Å². The number of ether oxygens (including phenoxy) is 1. The smallest absolute Gasteiger partial charge is 0.178 e. The van der Waals surface area contributed by atoms with Crippen LogP contribution in [0.1, 0.15) is 20.2 Å². The molecule has 0 saturated heterocycles. The number of thiazole rings is 1. The molecule has 0 saturated carbocycles. The summed E-state index contributed by atoms with van der Waals surface area (Å²) in [6, 6.07) is 5.99. The minimum atomic E-state index is 0.554. The second-order valence-corrected chi connectivity index (χ2v) is 4.76. The lowest BCUT2D eigenvalue weighted by molar-refractivity contribution is 0.112. The van der Waals surface area contributed by atoms with Crippen LogP contribution in [-0.4, -0.2) is 18.4 Å². The van der Waals surface area contributed by atoms with Crippen LogP contribution < -0.4 is 4.74 Å². The van der Waals surface area contributed by atoms with E-state index in [-0.39, 0.29) is 0 Å². The number of hydrogen-bond donors (Lipinski definition) is 0. The van der Waals surface area contributed by atoms with Gasteiger partial charge in [0, 0.05) is 16.9 Å². The maximum Gasteiger partial charge on any atom is 0.178 e. The second-order valence-electron chi connectivity index (χ2n) is 3.64. The number of carbonyl (C=O) groups is 1. The van der Waals surface area contributed by atoms with Gasteiger partial charge in [-0.3, -0.25) is 4.79 Å². The summed E-state index contributed by atoms with van der Waals surface area (Å²) in [5.41, 5.74) is 3.30. The Morgan fingerprint density at radius 3 is 3.12 bits per heavy atom. The molecule has 0 fully saturated rings. The van der Waals surface area contributed by atoms with Crippen molar-refractivity contribution in [3.05, 3.63) is 33.6 Å². The molecule has 0 unspecified atom stereocenters. The fourth-order valence-corrected chi connectivity index (χ4v) is 2.90. The molecule has 2 aromatic rings. The quantitative estimate of drug-likeness (QED) is 0.636. The van der Waals surface area contributed by atoms with Gasteiger partial charge in [0.1, 0.15) is 5.75 Å². The molecule has 0 spiro atoms. The number of carbonyl (C=O) groups excluding carboxylic acids is 1. The van der Waals surface area contributed by atoms with Crippen LogP contribution in [0, 0.1) is 0 Å². The van der Waals surface area contributed by atoms with E-state index in [1.807, 2.05) is 12.1 Å². The molecule has 0 atom stereocenters. The van der Waals surface area contributed by atoms with E-state index in [1.54, 1.807) is 7.11 Å². The molecule has 0 amide bonds. The first-order valence-corrected chi connectivity index (χ1v) is 5.75. The van der Waals surface area contributed by atoms with Gasteiger partial charge < -0.3 is 4.74 Å². The molecule has 0 radical (unpaired) electrons. The van der Waals surface area contributed by atoms with Crippen LogP contribution in [0.15, 0.2) is 18.2 Å². The van der Waals surface area contributed by atoms with Crippen molar-refractivity contribution in [2.45, 2.75) is 6.42 Å². The first-order valence-electron chi connectivity index (χ1n) is 4.94. The highest BCUT2D eigenvalue weighted by Gasteiger charge is 2.23. The van der Waals surface area contributed by atoms with Crippen LogP contribution in [0.4, 0.5) is 0 Å². The molecule has 1 aliphatic carbocycles. The summed E-state index contributed by atoms with van der Waals surface area (Å²) in [6.45, 7) is 0. The number of fused-ring (bicyclic) bond motifs is 3. The second kappa shape index (κ2) is 3.42. The first kappa shape index (κ1) is 9.54. The summed E-state index contributed by atoms with van der Waals surface area (Å²) in [7, 11) is 1.65. The molecule has 1 aliphatic rings. The lowest BCUT2D eigenvalue weighted by Crippen LogP contribution is -1.86. The predicted octanol–water partition coefficient (Wildman–Crippen LogP) is 2.54. The van der Waals surface area contributed by atoms with Gasteiger partial charge in [-0.25, -0.2) is 4.98 Å². The summed E-state index contributed by atoms with van der Waals surface area (Å²) in [5.74, 6) is 0.826. The third-order valence-electron chi connectivity index (χ3n) is 2.74. The van der Waals surface area contributed by atoms with Crippen LogP contribution in [0.5, 0.6) is 5.75 Å². The number of methoxy groups -OCH3 is 1. The topological polar surface area (TPSA) is 39.2 Å². The van der Waals surface area contributed by atoms with Crippen LogP contribution in [-0.2, 0) is 6.42 Å². The lowest BCUT2D eigenvalue weighted by Gasteiger charge is -2.02. The normalized spacial score (nSPS) is 12.1. The summed E-state index contributed by atoms with van der Waals surface area (Å²) < 4.78 is 5.19. The Morgan fingerprint density at radius 2 is 2.38 bits per heavy atom. The molecular formula is C12H9NO2S. The maximum atomic E-state index is 10.7. The number of rotatable bonds is 2. The fraction of sp³-hybridized carbons (Fsp3) is 0.167. The highest BCUT2D eigenvalue weighted by atomic mass is 32.1. The third-order valence-corrected chi connectivity index (χ3v) is 3.72. The summed E-state index contributed by atoms with van der Waals surface area (Å²) in [6.07, 6.45) is 1.68. The molecule has 16 heavy (non-hydrogen) atoms. The molecule has 0 N–H and O–H groups in total. The van der Waals surface area contributed by atoms with Crippen molar-refractivity contribution in [3.63, 3.8) is 0 Å². The number of hydrogen-bond acceptors (Lipinski definition) is 4. The molecule has 3 nitrogen and oxygen atoms in total. The number of aldehydes is 1. The predicted molar refractivity (Wildman–Crippen MR) is 62.3 cm³/mol. The van der Waals surface area contributed by atoms with Crippen LogP contribution >= 0.6 is 11.3 Å². The molecule has 1 aromatic carbocycles.